The highest BCUT2D eigenvalue weighted by atomic mass is 19.1. The van der Waals surface area contributed by atoms with Crippen LogP contribution in [0.15, 0.2) is 48.5 Å². The number of carbonyl (C=O) groups excluding carboxylic acids is 2. The standard InChI is InChI=1S/C23H28FN3O4/c1-17-15-27(20-7-3-18(4-8-20)23(29)30-2)13-12-26(17)16-22(28)25-11-14-31-21-9-5-19(24)6-10-21/h3-10,17H,11-16H2,1-2H3,(H,25,28). The summed E-state index contributed by atoms with van der Waals surface area (Å²) in [5.74, 6) is -0.141. The monoisotopic (exact) mass is 429 g/mol. The number of nitrogens with zero attached hydrogens (tertiary/aromatic N) is 2. The van der Waals surface area contributed by atoms with Gasteiger partial charge in [-0.05, 0) is 55.5 Å². The van der Waals surface area contributed by atoms with Crippen LogP contribution in [0.5, 0.6) is 5.75 Å². The van der Waals surface area contributed by atoms with E-state index in [1.807, 2.05) is 12.1 Å². The molecule has 1 amide bonds. The number of amides is 1. The number of rotatable bonds is 8. The van der Waals surface area contributed by atoms with Gasteiger partial charge in [0.05, 0.1) is 25.8 Å². The van der Waals surface area contributed by atoms with Gasteiger partial charge in [0.1, 0.15) is 18.2 Å². The molecule has 0 saturated carbocycles. The third kappa shape index (κ3) is 6.42. The van der Waals surface area contributed by atoms with Crippen LogP contribution in [-0.2, 0) is 9.53 Å². The minimum atomic E-state index is -0.348. The van der Waals surface area contributed by atoms with E-state index in [-0.39, 0.29) is 23.7 Å². The maximum Gasteiger partial charge on any atom is 0.337 e. The molecule has 3 rings (SSSR count). The van der Waals surface area contributed by atoms with Gasteiger partial charge in [0.15, 0.2) is 0 Å². The van der Waals surface area contributed by atoms with E-state index in [4.69, 9.17) is 9.47 Å². The fourth-order valence-electron chi connectivity index (χ4n) is 3.52. The van der Waals surface area contributed by atoms with Crippen molar-refractivity contribution in [2.75, 3.05) is 51.3 Å². The lowest BCUT2D eigenvalue weighted by Gasteiger charge is -2.40. The number of hydrogen-bond donors (Lipinski definition) is 1. The smallest absolute Gasteiger partial charge is 0.337 e. The molecule has 0 bridgehead atoms. The van der Waals surface area contributed by atoms with Crippen LogP contribution >= 0.6 is 0 Å². The Morgan fingerprint density at radius 2 is 1.81 bits per heavy atom. The molecule has 1 N–H and O–H groups in total. The van der Waals surface area contributed by atoms with Crippen molar-refractivity contribution < 1.29 is 23.5 Å². The number of halogens is 1. The Labute approximate surface area is 181 Å². The summed E-state index contributed by atoms with van der Waals surface area (Å²) in [5, 5.41) is 2.86. The highest BCUT2D eigenvalue weighted by Crippen LogP contribution is 2.20. The van der Waals surface area contributed by atoms with E-state index in [1.165, 1.54) is 19.2 Å². The number of nitrogens with one attached hydrogen (secondary N) is 1. The second-order valence-corrected chi connectivity index (χ2v) is 7.46. The third-order valence-corrected chi connectivity index (χ3v) is 5.27. The van der Waals surface area contributed by atoms with E-state index >= 15 is 0 Å². The van der Waals surface area contributed by atoms with E-state index in [1.54, 1.807) is 24.3 Å². The number of piperazine rings is 1. The number of methoxy groups -OCH3 is 1. The van der Waals surface area contributed by atoms with E-state index in [0.717, 1.165) is 25.3 Å². The molecule has 8 heteroatoms. The average molecular weight is 429 g/mol. The molecule has 1 aliphatic rings. The summed E-state index contributed by atoms with van der Waals surface area (Å²) in [4.78, 5) is 28.2. The molecule has 0 spiro atoms. The summed E-state index contributed by atoms with van der Waals surface area (Å²) in [6, 6.07) is 13.4. The minimum absolute atomic E-state index is 0.0505. The van der Waals surface area contributed by atoms with Gasteiger partial charge in [-0.15, -0.1) is 0 Å². The average Bonchev–Trinajstić information content (AvgIpc) is 2.79. The number of esters is 1. The summed E-state index contributed by atoms with van der Waals surface area (Å²) in [6.07, 6.45) is 0. The first-order chi connectivity index (χ1) is 15.0. The van der Waals surface area contributed by atoms with Crippen molar-refractivity contribution in [3.05, 3.63) is 59.9 Å². The molecule has 1 heterocycles. The van der Waals surface area contributed by atoms with Crippen molar-refractivity contribution in [1.29, 1.82) is 0 Å². The molecule has 1 fully saturated rings. The molecular weight excluding hydrogens is 401 g/mol. The molecule has 31 heavy (non-hydrogen) atoms. The number of carbonyl (C=O) groups is 2. The molecule has 0 aromatic heterocycles. The summed E-state index contributed by atoms with van der Waals surface area (Å²) in [6.45, 7) is 5.48. The minimum Gasteiger partial charge on any atom is -0.492 e. The van der Waals surface area contributed by atoms with E-state index in [0.29, 0.717) is 31.0 Å². The first kappa shape index (κ1) is 22.6. The Balaban J connectivity index is 1.39. The second kappa shape index (κ2) is 10.8. The van der Waals surface area contributed by atoms with Crippen molar-refractivity contribution in [1.82, 2.24) is 10.2 Å². The SMILES string of the molecule is COC(=O)c1ccc(N2CCN(CC(=O)NCCOc3ccc(F)cc3)C(C)C2)cc1. The van der Waals surface area contributed by atoms with Crippen LogP contribution in [0.3, 0.4) is 0 Å². The van der Waals surface area contributed by atoms with E-state index < -0.39 is 0 Å². The van der Waals surface area contributed by atoms with E-state index in [2.05, 4.69) is 22.0 Å². The van der Waals surface area contributed by atoms with Gasteiger partial charge in [-0.25, -0.2) is 9.18 Å². The summed E-state index contributed by atoms with van der Waals surface area (Å²) >= 11 is 0. The molecule has 0 radical (unpaired) electrons. The normalized spacial score (nSPS) is 16.6. The van der Waals surface area contributed by atoms with Crippen LogP contribution in [0, 0.1) is 5.82 Å². The number of anilines is 1. The molecule has 166 valence electrons. The Bertz CT molecular complexity index is 873. The van der Waals surface area contributed by atoms with Crippen LogP contribution in [0.25, 0.3) is 0 Å². The lowest BCUT2D eigenvalue weighted by Crippen LogP contribution is -2.54. The van der Waals surface area contributed by atoms with Gasteiger partial charge in [-0.3, -0.25) is 9.69 Å². The fourth-order valence-corrected chi connectivity index (χ4v) is 3.52. The molecule has 0 aliphatic carbocycles. The molecule has 1 atom stereocenters. The van der Waals surface area contributed by atoms with Crippen LogP contribution in [0.2, 0.25) is 0 Å². The zero-order chi connectivity index (χ0) is 22.2. The predicted octanol–water partition coefficient (Wildman–Crippen LogP) is 2.32. The topological polar surface area (TPSA) is 71.1 Å². The van der Waals surface area contributed by atoms with Gasteiger partial charge in [-0.2, -0.15) is 0 Å². The number of hydrogen-bond acceptors (Lipinski definition) is 6. The summed E-state index contributed by atoms with van der Waals surface area (Å²) < 4.78 is 23.1. The van der Waals surface area contributed by atoms with E-state index in [9.17, 15) is 14.0 Å². The van der Waals surface area contributed by atoms with Gasteiger partial charge in [0.2, 0.25) is 5.91 Å². The zero-order valence-corrected chi connectivity index (χ0v) is 17.8. The van der Waals surface area contributed by atoms with Crippen molar-refractivity contribution in [2.24, 2.45) is 0 Å². The first-order valence-electron chi connectivity index (χ1n) is 10.3. The molecule has 1 aliphatic heterocycles. The molecule has 2 aromatic carbocycles. The molecular formula is C23H28FN3O4. The Morgan fingerprint density at radius 3 is 2.45 bits per heavy atom. The van der Waals surface area contributed by atoms with Crippen molar-refractivity contribution >= 4 is 17.6 Å². The number of benzene rings is 2. The maximum absolute atomic E-state index is 12.9. The maximum atomic E-state index is 12.9. The first-order valence-corrected chi connectivity index (χ1v) is 10.3. The van der Waals surface area contributed by atoms with Crippen molar-refractivity contribution in [3.8, 4) is 5.75 Å². The predicted molar refractivity (Wildman–Crippen MR) is 116 cm³/mol. The Hall–Kier alpha value is -3.13. The van der Waals surface area contributed by atoms with Gasteiger partial charge >= 0.3 is 5.97 Å². The van der Waals surface area contributed by atoms with Crippen molar-refractivity contribution in [2.45, 2.75) is 13.0 Å². The highest BCUT2D eigenvalue weighted by molar-refractivity contribution is 5.89. The lowest BCUT2D eigenvalue weighted by atomic mass is 10.1. The van der Waals surface area contributed by atoms with Crippen molar-refractivity contribution in [3.63, 3.8) is 0 Å². The number of ether oxygens (including phenoxy) is 2. The molecule has 1 unspecified atom stereocenters. The molecule has 7 nitrogen and oxygen atoms in total. The third-order valence-electron chi connectivity index (χ3n) is 5.27. The Morgan fingerprint density at radius 1 is 1.10 bits per heavy atom. The fraction of sp³-hybridized carbons (Fsp3) is 0.391. The molecule has 2 aromatic rings. The van der Waals surface area contributed by atoms with Gasteiger partial charge < -0.3 is 19.7 Å². The summed E-state index contributed by atoms with van der Waals surface area (Å²) in [5.41, 5.74) is 1.57. The quantitative estimate of drug-likeness (QED) is 0.513. The van der Waals surface area contributed by atoms with Crippen LogP contribution in [0.1, 0.15) is 17.3 Å². The van der Waals surface area contributed by atoms with Gasteiger partial charge in [0, 0.05) is 31.4 Å². The summed E-state index contributed by atoms with van der Waals surface area (Å²) in [7, 11) is 1.37. The molecule has 1 saturated heterocycles. The van der Waals surface area contributed by atoms with Crippen LogP contribution < -0.4 is 15.0 Å². The lowest BCUT2D eigenvalue weighted by molar-refractivity contribution is -0.122. The van der Waals surface area contributed by atoms with Crippen LogP contribution in [0.4, 0.5) is 10.1 Å². The van der Waals surface area contributed by atoms with Gasteiger partial charge in [-0.1, -0.05) is 0 Å². The highest BCUT2D eigenvalue weighted by Gasteiger charge is 2.25. The zero-order valence-electron chi connectivity index (χ0n) is 17.8. The van der Waals surface area contributed by atoms with Gasteiger partial charge in [0.25, 0.3) is 0 Å². The second-order valence-electron chi connectivity index (χ2n) is 7.46. The largest absolute Gasteiger partial charge is 0.492 e. The Kier molecular flexibility index (Phi) is 7.83. The van der Waals surface area contributed by atoms with Crippen LogP contribution in [-0.4, -0.2) is 69.3 Å².